The van der Waals surface area contributed by atoms with Crippen LogP contribution < -0.4 is 21.3 Å². The molecule has 4 atom stereocenters. The Hall–Kier alpha value is -3.52. The van der Waals surface area contributed by atoms with Gasteiger partial charge in [-0.25, -0.2) is 4.79 Å². The summed E-state index contributed by atoms with van der Waals surface area (Å²) in [5.41, 5.74) is 0.655. The number of carboxylic acid groups (broad SMARTS) is 2. The average molecular weight is 659 g/mol. The zero-order valence-corrected chi connectivity index (χ0v) is 27.0. The second kappa shape index (κ2) is 19.7. The quantitative estimate of drug-likeness (QED) is 0.109. The lowest BCUT2D eigenvalue weighted by Crippen LogP contribution is -2.57. The first-order chi connectivity index (χ1) is 20.6. The van der Waals surface area contributed by atoms with Crippen LogP contribution in [0, 0.1) is 11.8 Å². The third-order valence-electron chi connectivity index (χ3n) is 6.24. The molecule has 0 saturated heterocycles. The van der Waals surface area contributed by atoms with Gasteiger partial charge in [0.2, 0.25) is 17.7 Å². The first-order valence-corrected chi connectivity index (χ1v) is 15.3. The molecule has 1 rings (SSSR count). The maximum atomic E-state index is 13.3. The lowest BCUT2D eigenvalue weighted by Gasteiger charge is -2.26. The number of nitrogens with one attached hydrogen (secondary N) is 4. The fourth-order valence-corrected chi connectivity index (χ4v) is 4.39. The SMILES string of the molecule is CC(C)COC(=O)N[C@@H](CCC(=O)O)C(=O)N[C@@H](CC(C)C)C(=O)N[C@@H](CS)C(=O)NCC(CC(=O)O)c1ccc(Cl)cc1. The van der Waals surface area contributed by atoms with E-state index in [1.54, 1.807) is 24.3 Å². The highest BCUT2D eigenvalue weighted by Crippen LogP contribution is 2.21. The average Bonchev–Trinajstić information content (AvgIpc) is 2.94. The summed E-state index contributed by atoms with van der Waals surface area (Å²) in [6.45, 7) is 7.33. The van der Waals surface area contributed by atoms with Crippen LogP contribution in [0.25, 0.3) is 0 Å². The van der Waals surface area contributed by atoms with Crippen molar-refractivity contribution in [2.45, 2.75) is 77.4 Å². The molecule has 0 spiro atoms. The predicted molar refractivity (Wildman–Crippen MR) is 167 cm³/mol. The zero-order valence-electron chi connectivity index (χ0n) is 25.3. The van der Waals surface area contributed by atoms with Crippen molar-refractivity contribution in [2.24, 2.45) is 11.8 Å². The van der Waals surface area contributed by atoms with E-state index in [1.807, 2.05) is 27.7 Å². The molecule has 1 aromatic carbocycles. The van der Waals surface area contributed by atoms with Crippen LogP contribution in [0.15, 0.2) is 24.3 Å². The van der Waals surface area contributed by atoms with Gasteiger partial charge in [-0.15, -0.1) is 0 Å². The van der Waals surface area contributed by atoms with Crippen LogP contribution in [0.4, 0.5) is 4.79 Å². The molecular weight excluding hydrogens is 616 g/mol. The van der Waals surface area contributed by atoms with E-state index in [9.17, 15) is 33.9 Å². The lowest BCUT2D eigenvalue weighted by atomic mass is 9.95. The highest BCUT2D eigenvalue weighted by molar-refractivity contribution is 7.80. The second-order valence-corrected chi connectivity index (χ2v) is 11.9. The number of aliphatic carboxylic acids is 2. The molecule has 1 aromatic rings. The van der Waals surface area contributed by atoms with E-state index in [1.165, 1.54) is 0 Å². The fourth-order valence-electron chi connectivity index (χ4n) is 4.01. The minimum absolute atomic E-state index is 0.0311. The predicted octanol–water partition coefficient (Wildman–Crippen LogP) is 2.58. The van der Waals surface area contributed by atoms with E-state index in [2.05, 4.69) is 33.9 Å². The summed E-state index contributed by atoms with van der Waals surface area (Å²) in [7, 11) is 0. The standard InChI is InChI=1S/C29H43ClN4O9S/c1-16(2)11-22(32-27(40)21(9-10-24(35)36)34-29(42)43-14-17(3)4)28(41)33-23(15-44)26(39)31-13-19(12-25(37)38)18-5-7-20(30)8-6-18/h5-8,16-17,19,21-23,44H,9-15H2,1-4H3,(H,31,39)(H,32,40)(H,33,41)(H,34,42)(H,35,36)(H,37,38)/t19?,21-,22-,23-/m0/s1. The Bertz CT molecular complexity index is 1130. The van der Waals surface area contributed by atoms with Crippen LogP contribution in [-0.4, -0.2) is 83.0 Å². The normalized spacial score (nSPS) is 13.7. The third-order valence-corrected chi connectivity index (χ3v) is 6.86. The summed E-state index contributed by atoms with van der Waals surface area (Å²) in [4.78, 5) is 74.2. The molecule has 44 heavy (non-hydrogen) atoms. The summed E-state index contributed by atoms with van der Waals surface area (Å²) >= 11 is 10.1. The molecule has 0 aliphatic carbocycles. The maximum absolute atomic E-state index is 13.3. The van der Waals surface area contributed by atoms with Gasteiger partial charge in [-0.3, -0.25) is 24.0 Å². The van der Waals surface area contributed by atoms with Gasteiger partial charge in [0.25, 0.3) is 0 Å². The van der Waals surface area contributed by atoms with Gasteiger partial charge in [-0.05, 0) is 42.4 Å². The van der Waals surface area contributed by atoms with Crippen molar-refractivity contribution >= 4 is 60.0 Å². The van der Waals surface area contributed by atoms with Gasteiger partial charge >= 0.3 is 18.0 Å². The van der Waals surface area contributed by atoms with Gasteiger partial charge in [0.05, 0.1) is 13.0 Å². The first-order valence-electron chi connectivity index (χ1n) is 14.2. The number of hydrogen-bond donors (Lipinski definition) is 7. The van der Waals surface area contributed by atoms with Gasteiger partial charge in [0, 0.05) is 29.7 Å². The van der Waals surface area contributed by atoms with Crippen LogP contribution >= 0.6 is 24.2 Å². The minimum atomic E-state index is -1.30. The molecule has 0 fully saturated rings. The van der Waals surface area contributed by atoms with Crippen LogP contribution in [0.1, 0.15) is 64.9 Å². The molecule has 0 bridgehead atoms. The van der Waals surface area contributed by atoms with E-state index in [4.69, 9.17) is 21.4 Å². The first kappa shape index (κ1) is 38.5. The number of alkyl carbamates (subject to hydrolysis) is 1. The molecule has 0 heterocycles. The van der Waals surface area contributed by atoms with Gasteiger partial charge in [0.15, 0.2) is 0 Å². The molecule has 0 aliphatic rings. The van der Waals surface area contributed by atoms with E-state index in [-0.39, 0.29) is 50.0 Å². The van der Waals surface area contributed by atoms with E-state index in [0.717, 1.165) is 0 Å². The Labute approximate surface area is 267 Å². The molecule has 6 N–H and O–H groups in total. The van der Waals surface area contributed by atoms with Gasteiger partial charge < -0.3 is 36.2 Å². The molecule has 1 unspecified atom stereocenters. The maximum Gasteiger partial charge on any atom is 0.407 e. The van der Waals surface area contributed by atoms with Gasteiger partial charge in [-0.1, -0.05) is 51.4 Å². The van der Waals surface area contributed by atoms with Crippen molar-refractivity contribution < 1.29 is 43.7 Å². The zero-order chi connectivity index (χ0) is 33.4. The summed E-state index contributed by atoms with van der Waals surface area (Å²) in [6.07, 6.45) is -1.67. The molecule has 0 saturated carbocycles. The molecule has 4 amide bonds. The van der Waals surface area contributed by atoms with Crippen molar-refractivity contribution in [1.82, 2.24) is 21.3 Å². The lowest BCUT2D eigenvalue weighted by molar-refractivity contribution is -0.138. The van der Waals surface area contributed by atoms with Crippen molar-refractivity contribution in [3.63, 3.8) is 0 Å². The molecule has 0 aliphatic heterocycles. The summed E-state index contributed by atoms with van der Waals surface area (Å²) in [5, 5.41) is 29.1. The Morgan fingerprint density at radius 3 is 1.93 bits per heavy atom. The van der Waals surface area contributed by atoms with Crippen molar-refractivity contribution in [3.8, 4) is 0 Å². The topological polar surface area (TPSA) is 200 Å². The molecular formula is C29H43ClN4O9S. The smallest absolute Gasteiger partial charge is 0.407 e. The van der Waals surface area contributed by atoms with Crippen molar-refractivity contribution in [2.75, 3.05) is 18.9 Å². The Morgan fingerprint density at radius 2 is 1.41 bits per heavy atom. The summed E-state index contributed by atoms with van der Waals surface area (Å²) < 4.78 is 5.05. The molecule has 13 nitrogen and oxygen atoms in total. The second-order valence-electron chi connectivity index (χ2n) is 11.1. The monoisotopic (exact) mass is 658 g/mol. The van der Waals surface area contributed by atoms with Crippen LogP contribution in [0.2, 0.25) is 5.02 Å². The van der Waals surface area contributed by atoms with Gasteiger partial charge in [0.1, 0.15) is 18.1 Å². The Kier molecular flexibility index (Phi) is 17.2. The number of thiol groups is 1. The number of ether oxygens (including phenoxy) is 1. The highest BCUT2D eigenvalue weighted by atomic mass is 35.5. The number of rotatable bonds is 19. The number of carboxylic acids is 2. The molecule has 15 heteroatoms. The summed E-state index contributed by atoms with van der Waals surface area (Å²) in [6, 6.07) is 3.01. The number of hydrogen-bond acceptors (Lipinski definition) is 8. The number of amides is 4. The van der Waals surface area contributed by atoms with E-state index >= 15 is 0 Å². The van der Waals surface area contributed by atoms with Crippen LogP contribution in [-0.2, 0) is 28.7 Å². The number of benzene rings is 1. The Balaban J connectivity index is 2.98. The van der Waals surface area contributed by atoms with Crippen molar-refractivity contribution in [1.29, 1.82) is 0 Å². The van der Waals surface area contributed by atoms with Crippen molar-refractivity contribution in [3.05, 3.63) is 34.9 Å². The number of carbonyl (C=O) groups excluding carboxylic acids is 4. The minimum Gasteiger partial charge on any atom is -0.481 e. The van der Waals surface area contributed by atoms with E-state index < -0.39 is 66.2 Å². The summed E-state index contributed by atoms with van der Waals surface area (Å²) in [5.74, 6) is -5.05. The van der Waals surface area contributed by atoms with Crippen LogP contribution in [0.5, 0.6) is 0 Å². The largest absolute Gasteiger partial charge is 0.481 e. The number of halogens is 1. The van der Waals surface area contributed by atoms with Crippen LogP contribution in [0.3, 0.4) is 0 Å². The fraction of sp³-hybridized carbons (Fsp3) is 0.586. The number of carbonyl (C=O) groups is 6. The molecule has 0 aromatic heterocycles. The molecule has 246 valence electrons. The molecule has 0 radical (unpaired) electrons. The van der Waals surface area contributed by atoms with E-state index in [0.29, 0.717) is 10.6 Å². The third kappa shape index (κ3) is 15.3. The highest BCUT2D eigenvalue weighted by Gasteiger charge is 2.30. The Morgan fingerprint density at radius 1 is 0.818 bits per heavy atom. The van der Waals surface area contributed by atoms with Gasteiger partial charge in [-0.2, -0.15) is 12.6 Å².